The summed E-state index contributed by atoms with van der Waals surface area (Å²) in [5, 5.41) is 0. The minimum Gasteiger partial charge on any atom is -0.369 e. The zero-order valence-corrected chi connectivity index (χ0v) is 6.18. The van der Waals surface area contributed by atoms with Crippen LogP contribution in [0.25, 0.3) is 0 Å². The van der Waals surface area contributed by atoms with Crippen molar-refractivity contribution in [1.82, 2.24) is 4.90 Å². The number of piperidine rings is 1. The second kappa shape index (κ2) is 3.56. The molecule has 1 fully saturated rings. The van der Waals surface area contributed by atoms with Crippen LogP contribution in [0.1, 0.15) is 19.3 Å². The highest BCUT2D eigenvalue weighted by atomic mass is 16.1. The van der Waals surface area contributed by atoms with Crippen LogP contribution in [0.5, 0.6) is 0 Å². The summed E-state index contributed by atoms with van der Waals surface area (Å²) < 4.78 is 0. The Bertz CT molecular complexity index is 119. The molecule has 1 aliphatic heterocycles. The fourth-order valence-electron chi connectivity index (χ4n) is 1.34. The molecule has 1 heterocycles. The molecular weight excluding hydrogens is 128 g/mol. The lowest BCUT2D eigenvalue weighted by Crippen LogP contribution is -2.37. The molecule has 0 aliphatic carbocycles. The molecule has 0 saturated carbocycles. The highest BCUT2D eigenvalue weighted by Crippen LogP contribution is 2.06. The molecule has 0 aromatic carbocycles. The van der Waals surface area contributed by atoms with Crippen LogP contribution < -0.4 is 5.73 Å². The molecule has 1 amide bonds. The van der Waals surface area contributed by atoms with Crippen LogP contribution in [-0.2, 0) is 4.79 Å². The summed E-state index contributed by atoms with van der Waals surface area (Å²) in [4.78, 5) is 12.6. The highest BCUT2D eigenvalue weighted by Gasteiger charge is 2.10. The van der Waals surface area contributed by atoms with Crippen LogP contribution >= 0.6 is 0 Å². The van der Waals surface area contributed by atoms with E-state index in [2.05, 4.69) is 4.90 Å². The van der Waals surface area contributed by atoms with Gasteiger partial charge in [0.2, 0.25) is 5.91 Å². The average molecular weight is 142 g/mol. The maximum atomic E-state index is 10.4. The number of rotatable bonds is 2. The topological polar surface area (TPSA) is 46.3 Å². The van der Waals surface area contributed by atoms with Crippen molar-refractivity contribution >= 4 is 5.91 Å². The van der Waals surface area contributed by atoms with E-state index in [0.29, 0.717) is 6.54 Å². The number of hydrogen-bond acceptors (Lipinski definition) is 2. The Labute approximate surface area is 61.2 Å². The number of nitrogens with two attached hydrogens (primary N) is 1. The molecule has 0 radical (unpaired) electrons. The Morgan fingerprint density at radius 3 is 2.40 bits per heavy atom. The van der Waals surface area contributed by atoms with Crippen LogP contribution in [0.3, 0.4) is 0 Å². The predicted octanol–water partition coefficient (Wildman–Crippen LogP) is -0.0424. The molecule has 3 nitrogen and oxygen atoms in total. The Kier molecular flexibility index (Phi) is 2.68. The van der Waals surface area contributed by atoms with Gasteiger partial charge in [-0.2, -0.15) is 0 Å². The van der Waals surface area contributed by atoms with E-state index in [0.717, 1.165) is 13.1 Å². The molecule has 2 N–H and O–H groups in total. The molecule has 0 unspecified atom stereocenters. The van der Waals surface area contributed by atoms with E-state index in [1.165, 1.54) is 19.3 Å². The van der Waals surface area contributed by atoms with Crippen molar-refractivity contribution in [3.63, 3.8) is 0 Å². The zero-order valence-electron chi connectivity index (χ0n) is 6.18. The summed E-state index contributed by atoms with van der Waals surface area (Å²) >= 11 is 0. The van der Waals surface area contributed by atoms with E-state index in [9.17, 15) is 4.79 Å². The molecule has 0 spiro atoms. The van der Waals surface area contributed by atoms with Crippen LogP contribution in [0.2, 0.25) is 0 Å². The van der Waals surface area contributed by atoms with Gasteiger partial charge in [-0.1, -0.05) is 6.42 Å². The molecule has 0 atom stereocenters. The Morgan fingerprint density at radius 2 is 1.90 bits per heavy atom. The molecule has 3 heteroatoms. The van der Waals surface area contributed by atoms with Gasteiger partial charge >= 0.3 is 0 Å². The van der Waals surface area contributed by atoms with E-state index in [1.807, 2.05) is 0 Å². The van der Waals surface area contributed by atoms with E-state index < -0.39 is 0 Å². The van der Waals surface area contributed by atoms with Gasteiger partial charge in [-0.3, -0.25) is 9.69 Å². The molecular formula is C7H14N2O. The molecule has 1 aliphatic rings. The van der Waals surface area contributed by atoms with Crippen LogP contribution in [0.4, 0.5) is 0 Å². The number of amides is 1. The van der Waals surface area contributed by atoms with Gasteiger partial charge in [-0.05, 0) is 25.9 Å². The number of primary amides is 1. The second-order valence-corrected chi connectivity index (χ2v) is 2.80. The average Bonchev–Trinajstić information content (AvgIpc) is 1.88. The summed E-state index contributed by atoms with van der Waals surface area (Å²) in [5.74, 6) is -0.207. The quantitative estimate of drug-likeness (QED) is 0.588. The highest BCUT2D eigenvalue weighted by molar-refractivity contribution is 5.75. The summed E-state index contributed by atoms with van der Waals surface area (Å²) in [7, 11) is 0. The Balaban J connectivity index is 2.19. The van der Waals surface area contributed by atoms with Crippen LogP contribution in [0, 0.1) is 0 Å². The fourth-order valence-corrected chi connectivity index (χ4v) is 1.34. The largest absolute Gasteiger partial charge is 0.369 e. The predicted molar refractivity (Wildman–Crippen MR) is 39.5 cm³/mol. The van der Waals surface area contributed by atoms with Crippen LogP contribution in [0.15, 0.2) is 0 Å². The molecule has 1 saturated heterocycles. The van der Waals surface area contributed by atoms with Gasteiger partial charge in [-0.25, -0.2) is 0 Å². The molecule has 0 aromatic rings. The first-order valence-electron chi connectivity index (χ1n) is 3.80. The number of carbonyl (C=O) groups is 1. The third kappa shape index (κ3) is 2.35. The molecule has 1 rings (SSSR count). The first-order valence-corrected chi connectivity index (χ1v) is 3.80. The van der Waals surface area contributed by atoms with Gasteiger partial charge < -0.3 is 5.73 Å². The van der Waals surface area contributed by atoms with Crippen molar-refractivity contribution in [1.29, 1.82) is 0 Å². The van der Waals surface area contributed by atoms with E-state index >= 15 is 0 Å². The van der Waals surface area contributed by atoms with Gasteiger partial charge in [0.15, 0.2) is 0 Å². The van der Waals surface area contributed by atoms with Crippen molar-refractivity contribution in [2.45, 2.75) is 19.3 Å². The van der Waals surface area contributed by atoms with Crippen LogP contribution in [-0.4, -0.2) is 30.4 Å². The summed E-state index contributed by atoms with van der Waals surface area (Å²) in [6.07, 6.45) is 3.73. The van der Waals surface area contributed by atoms with Crippen molar-refractivity contribution in [3.05, 3.63) is 0 Å². The van der Waals surface area contributed by atoms with E-state index in [4.69, 9.17) is 5.73 Å². The van der Waals surface area contributed by atoms with Gasteiger partial charge in [0.25, 0.3) is 0 Å². The number of likely N-dealkylation sites (tertiary alicyclic amines) is 1. The fraction of sp³-hybridized carbons (Fsp3) is 0.857. The smallest absolute Gasteiger partial charge is 0.231 e. The minimum atomic E-state index is -0.207. The third-order valence-corrected chi connectivity index (χ3v) is 1.83. The van der Waals surface area contributed by atoms with Gasteiger partial charge in [-0.15, -0.1) is 0 Å². The maximum Gasteiger partial charge on any atom is 0.231 e. The number of hydrogen-bond donors (Lipinski definition) is 1. The number of carbonyl (C=O) groups excluding carboxylic acids is 1. The van der Waals surface area contributed by atoms with Crippen molar-refractivity contribution in [2.24, 2.45) is 5.73 Å². The minimum absolute atomic E-state index is 0.207. The monoisotopic (exact) mass is 142 g/mol. The lowest BCUT2D eigenvalue weighted by molar-refractivity contribution is -0.119. The number of nitrogens with zero attached hydrogens (tertiary/aromatic N) is 1. The van der Waals surface area contributed by atoms with Gasteiger partial charge in [0.1, 0.15) is 0 Å². The van der Waals surface area contributed by atoms with Gasteiger partial charge in [0.05, 0.1) is 6.54 Å². The molecule has 10 heavy (non-hydrogen) atoms. The third-order valence-electron chi connectivity index (χ3n) is 1.83. The maximum absolute atomic E-state index is 10.4. The van der Waals surface area contributed by atoms with E-state index in [-0.39, 0.29) is 5.91 Å². The summed E-state index contributed by atoms with van der Waals surface area (Å²) in [6, 6.07) is 0. The SMILES string of the molecule is NC(=O)CN1CCCCC1. The first kappa shape index (κ1) is 7.54. The Morgan fingerprint density at radius 1 is 1.30 bits per heavy atom. The Hall–Kier alpha value is -0.570. The van der Waals surface area contributed by atoms with E-state index in [1.54, 1.807) is 0 Å². The first-order chi connectivity index (χ1) is 4.79. The lowest BCUT2D eigenvalue weighted by atomic mass is 10.1. The second-order valence-electron chi connectivity index (χ2n) is 2.80. The summed E-state index contributed by atoms with van der Waals surface area (Å²) in [6.45, 7) is 2.53. The normalized spacial score (nSPS) is 20.8. The van der Waals surface area contributed by atoms with Gasteiger partial charge in [0, 0.05) is 0 Å². The van der Waals surface area contributed by atoms with Crippen molar-refractivity contribution < 1.29 is 4.79 Å². The summed E-state index contributed by atoms with van der Waals surface area (Å²) in [5.41, 5.74) is 5.04. The molecule has 0 aromatic heterocycles. The van der Waals surface area contributed by atoms with Crippen molar-refractivity contribution in [3.8, 4) is 0 Å². The lowest BCUT2D eigenvalue weighted by Gasteiger charge is -2.24. The van der Waals surface area contributed by atoms with Crippen molar-refractivity contribution in [2.75, 3.05) is 19.6 Å². The standard InChI is InChI=1S/C7H14N2O/c8-7(10)6-9-4-2-1-3-5-9/h1-6H2,(H2,8,10). The molecule has 58 valence electrons. The zero-order chi connectivity index (χ0) is 7.40. The molecule has 0 bridgehead atoms.